The summed E-state index contributed by atoms with van der Waals surface area (Å²) in [5.74, 6) is 0.172. The molecular formula is C14H18N4O2. The maximum Gasteiger partial charge on any atom is 0.224 e. The number of fused-ring (bicyclic) bond motifs is 1. The molecule has 106 valence electrons. The summed E-state index contributed by atoms with van der Waals surface area (Å²) in [6.07, 6.45) is 2.24. The fraction of sp³-hybridized carbons (Fsp3) is 0.429. The number of hydrogen-bond donors (Lipinski definition) is 1. The van der Waals surface area contributed by atoms with Crippen molar-refractivity contribution in [3.05, 3.63) is 24.5 Å². The summed E-state index contributed by atoms with van der Waals surface area (Å²) in [6, 6.07) is 5.64. The first-order valence-electron chi connectivity index (χ1n) is 6.80. The van der Waals surface area contributed by atoms with Crippen molar-refractivity contribution in [3.63, 3.8) is 0 Å². The number of hydrogen-bond acceptors (Lipinski definition) is 4. The number of ether oxygens (including phenoxy) is 1. The van der Waals surface area contributed by atoms with Gasteiger partial charge < -0.3 is 19.9 Å². The van der Waals surface area contributed by atoms with Crippen LogP contribution in [0.5, 0.6) is 0 Å². The Morgan fingerprint density at radius 1 is 1.35 bits per heavy atom. The molecule has 1 aromatic carbocycles. The molecule has 1 amide bonds. The molecule has 0 bridgehead atoms. The number of morpholine rings is 1. The van der Waals surface area contributed by atoms with Crippen molar-refractivity contribution in [2.45, 2.75) is 13.0 Å². The highest BCUT2D eigenvalue weighted by molar-refractivity contribution is 5.79. The number of amides is 1. The van der Waals surface area contributed by atoms with E-state index in [0.29, 0.717) is 45.0 Å². The number of aromatic nitrogens is 2. The van der Waals surface area contributed by atoms with Crippen LogP contribution in [-0.2, 0) is 16.1 Å². The van der Waals surface area contributed by atoms with Crippen molar-refractivity contribution in [1.82, 2.24) is 14.5 Å². The molecule has 2 heterocycles. The zero-order valence-corrected chi connectivity index (χ0v) is 11.3. The number of benzene rings is 1. The molecule has 0 saturated carbocycles. The van der Waals surface area contributed by atoms with Crippen molar-refractivity contribution in [2.75, 3.05) is 32.0 Å². The van der Waals surface area contributed by atoms with E-state index in [2.05, 4.69) is 4.98 Å². The zero-order chi connectivity index (χ0) is 13.9. The largest absolute Gasteiger partial charge is 0.399 e. The van der Waals surface area contributed by atoms with E-state index in [4.69, 9.17) is 10.5 Å². The molecule has 0 unspecified atom stereocenters. The number of nitrogens with zero attached hydrogens (tertiary/aromatic N) is 3. The first-order valence-corrected chi connectivity index (χ1v) is 6.80. The van der Waals surface area contributed by atoms with Gasteiger partial charge in [0.05, 0.1) is 30.6 Å². The highest BCUT2D eigenvalue weighted by Gasteiger charge is 2.16. The quantitative estimate of drug-likeness (QED) is 0.843. The van der Waals surface area contributed by atoms with Gasteiger partial charge in [-0.3, -0.25) is 4.79 Å². The number of anilines is 1. The van der Waals surface area contributed by atoms with Crippen LogP contribution in [0.1, 0.15) is 6.42 Å². The van der Waals surface area contributed by atoms with Crippen LogP contribution < -0.4 is 5.73 Å². The highest BCUT2D eigenvalue weighted by Crippen LogP contribution is 2.16. The van der Waals surface area contributed by atoms with Crippen LogP contribution in [0.3, 0.4) is 0 Å². The Morgan fingerprint density at radius 3 is 2.95 bits per heavy atom. The van der Waals surface area contributed by atoms with E-state index in [9.17, 15) is 4.79 Å². The summed E-state index contributed by atoms with van der Waals surface area (Å²) < 4.78 is 7.24. The van der Waals surface area contributed by atoms with Gasteiger partial charge in [-0.25, -0.2) is 4.98 Å². The van der Waals surface area contributed by atoms with E-state index in [1.165, 1.54) is 0 Å². The Bertz CT molecular complexity index is 617. The lowest BCUT2D eigenvalue weighted by Gasteiger charge is -2.26. The molecule has 20 heavy (non-hydrogen) atoms. The molecule has 6 nitrogen and oxygen atoms in total. The number of imidazole rings is 1. The number of aryl methyl sites for hydroxylation is 1. The maximum atomic E-state index is 12.1. The summed E-state index contributed by atoms with van der Waals surface area (Å²) in [5.41, 5.74) is 8.30. The van der Waals surface area contributed by atoms with Gasteiger partial charge >= 0.3 is 0 Å². The van der Waals surface area contributed by atoms with E-state index in [1.54, 1.807) is 6.33 Å². The standard InChI is InChI=1S/C14H18N4O2/c15-11-1-2-13-12(9-11)16-10-18(13)4-3-14(19)17-5-7-20-8-6-17/h1-2,9-10H,3-8,15H2. The minimum atomic E-state index is 0.172. The average molecular weight is 274 g/mol. The van der Waals surface area contributed by atoms with Crippen molar-refractivity contribution in [1.29, 1.82) is 0 Å². The molecule has 1 aromatic heterocycles. The van der Waals surface area contributed by atoms with Gasteiger partial charge in [0.25, 0.3) is 0 Å². The number of nitrogen functional groups attached to an aromatic ring is 1. The second-order valence-electron chi connectivity index (χ2n) is 4.93. The van der Waals surface area contributed by atoms with Crippen molar-refractivity contribution in [3.8, 4) is 0 Å². The number of nitrogens with two attached hydrogens (primary N) is 1. The minimum Gasteiger partial charge on any atom is -0.399 e. The topological polar surface area (TPSA) is 73.4 Å². The van der Waals surface area contributed by atoms with Gasteiger partial charge in [0.1, 0.15) is 0 Å². The van der Waals surface area contributed by atoms with Crippen molar-refractivity contribution >= 4 is 22.6 Å². The Labute approximate surface area is 117 Å². The SMILES string of the molecule is Nc1ccc2c(c1)ncn2CCC(=O)N1CCOCC1. The second kappa shape index (κ2) is 5.50. The Morgan fingerprint density at radius 2 is 2.15 bits per heavy atom. The number of carbonyl (C=O) groups excluding carboxylic acids is 1. The molecule has 0 radical (unpaired) electrons. The Balaban J connectivity index is 1.66. The van der Waals surface area contributed by atoms with Crippen molar-refractivity contribution < 1.29 is 9.53 Å². The summed E-state index contributed by atoms with van der Waals surface area (Å²) >= 11 is 0. The van der Waals surface area contributed by atoms with Crippen LogP contribution in [-0.4, -0.2) is 46.7 Å². The minimum absolute atomic E-state index is 0.172. The van der Waals surface area contributed by atoms with Gasteiger partial charge in [-0.1, -0.05) is 0 Å². The van der Waals surface area contributed by atoms with E-state index in [-0.39, 0.29) is 5.91 Å². The van der Waals surface area contributed by atoms with Crippen molar-refractivity contribution in [2.24, 2.45) is 0 Å². The molecule has 2 aromatic rings. The third kappa shape index (κ3) is 2.60. The lowest BCUT2D eigenvalue weighted by molar-refractivity contribution is -0.135. The lowest BCUT2D eigenvalue weighted by Crippen LogP contribution is -2.40. The zero-order valence-electron chi connectivity index (χ0n) is 11.3. The average Bonchev–Trinajstić information content (AvgIpc) is 2.88. The van der Waals surface area contributed by atoms with Gasteiger partial charge in [-0.15, -0.1) is 0 Å². The lowest BCUT2D eigenvalue weighted by atomic mass is 10.2. The van der Waals surface area contributed by atoms with Crippen LogP contribution in [0.4, 0.5) is 5.69 Å². The molecule has 2 N–H and O–H groups in total. The third-order valence-corrected chi connectivity index (χ3v) is 3.58. The molecule has 6 heteroatoms. The van der Waals surface area contributed by atoms with E-state index in [1.807, 2.05) is 27.7 Å². The highest BCUT2D eigenvalue weighted by atomic mass is 16.5. The summed E-state index contributed by atoms with van der Waals surface area (Å²) in [4.78, 5) is 18.3. The number of rotatable bonds is 3. The van der Waals surface area contributed by atoms with Gasteiger partial charge in [-0.2, -0.15) is 0 Å². The van der Waals surface area contributed by atoms with Gasteiger partial charge in [0.15, 0.2) is 0 Å². The molecule has 1 aliphatic rings. The summed E-state index contributed by atoms with van der Waals surface area (Å²) in [6.45, 7) is 3.30. The molecule has 3 rings (SSSR count). The fourth-order valence-electron chi connectivity index (χ4n) is 2.45. The molecule has 1 aliphatic heterocycles. The predicted octanol–water partition coefficient (Wildman–Crippen LogP) is 0.867. The van der Waals surface area contributed by atoms with E-state index < -0.39 is 0 Å². The van der Waals surface area contributed by atoms with E-state index in [0.717, 1.165) is 11.0 Å². The molecular weight excluding hydrogens is 256 g/mol. The Hall–Kier alpha value is -2.08. The third-order valence-electron chi connectivity index (χ3n) is 3.58. The van der Waals surface area contributed by atoms with E-state index >= 15 is 0 Å². The fourth-order valence-corrected chi connectivity index (χ4v) is 2.45. The second-order valence-corrected chi connectivity index (χ2v) is 4.93. The van der Waals surface area contributed by atoms with Crippen LogP contribution in [0.2, 0.25) is 0 Å². The van der Waals surface area contributed by atoms with Crippen LogP contribution in [0.25, 0.3) is 11.0 Å². The van der Waals surface area contributed by atoms with Crippen LogP contribution >= 0.6 is 0 Å². The molecule has 0 atom stereocenters. The molecule has 0 spiro atoms. The molecule has 1 saturated heterocycles. The summed E-state index contributed by atoms with van der Waals surface area (Å²) in [5, 5.41) is 0. The summed E-state index contributed by atoms with van der Waals surface area (Å²) in [7, 11) is 0. The first-order chi connectivity index (χ1) is 9.74. The van der Waals surface area contributed by atoms with Gasteiger partial charge in [0, 0.05) is 31.7 Å². The van der Waals surface area contributed by atoms with Gasteiger partial charge in [-0.05, 0) is 18.2 Å². The monoisotopic (exact) mass is 274 g/mol. The number of carbonyl (C=O) groups is 1. The van der Waals surface area contributed by atoms with Gasteiger partial charge in [0.2, 0.25) is 5.91 Å². The van der Waals surface area contributed by atoms with Crippen LogP contribution in [0, 0.1) is 0 Å². The smallest absolute Gasteiger partial charge is 0.224 e. The van der Waals surface area contributed by atoms with Crippen LogP contribution in [0.15, 0.2) is 24.5 Å². The predicted molar refractivity (Wildman–Crippen MR) is 76.2 cm³/mol. The normalized spacial score (nSPS) is 15.7. The Kier molecular flexibility index (Phi) is 3.56. The molecule has 1 fully saturated rings. The molecule has 0 aliphatic carbocycles. The maximum absolute atomic E-state index is 12.1. The first kappa shape index (κ1) is 12.9.